The number of nitrogens with one attached hydrogen (secondary N) is 1. The van der Waals surface area contributed by atoms with Gasteiger partial charge in [0.25, 0.3) is 0 Å². The lowest BCUT2D eigenvalue weighted by molar-refractivity contribution is 0.666. The zero-order valence-corrected chi connectivity index (χ0v) is 12.5. The molecule has 0 aliphatic rings. The molecule has 1 N–H and O–H groups in total. The smallest absolute Gasteiger partial charge is 0.179 e. The van der Waals surface area contributed by atoms with E-state index in [2.05, 4.69) is 41.0 Å². The second-order valence-corrected chi connectivity index (χ2v) is 5.29. The van der Waals surface area contributed by atoms with Crippen LogP contribution in [0.2, 0.25) is 0 Å². The van der Waals surface area contributed by atoms with Crippen LogP contribution in [0.3, 0.4) is 0 Å². The van der Waals surface area contributed by atoms with Crippen LogP contribution >= 0.6 is 11.3 Å². The first kappa shape index (κ1) is 14.1. The number of nitrogens with zero attached hydrogens (tertiary/aromatic N) is 3. The third-order valence-corrected chi connectivity index (χ3v) is 3.65. The van der Waals surface area contributed by atoms with E-state index in [9.17, 15) is 0 Å². The predicted octanol–water partition coefficient (Wildman–Crippen LogP) is 2.76. The zero-order valence-electron chi connectivity index (χ0n) is 11.7. The van der Waals surface area contributed by atoms with Crippen LogP contribution in [0.5, 0.6) is 0 Å². The van der Waals surface area contributed by atoms with E-state index in [-0.39, 0.29) is 0 Å². The molecule has 4 nitrogen and oxygen atoms in total. The summed E-state index contributed by atoms with van der Waals surface area (Å²) in [6.07, 6.45) is 2.15. The Bertz CT molecular complexity index is 499. The highest BCUT2D eigenvalue weighted by Gasteiger charge is 2.10. The molecule has 2 heterocycles. The molecule has 0 atom stereocenters. The largest absolute Gasteiger partial charge is 0.316 e. The normalized spacial score (nSPS) is 10.9. The number of hydrogen-bond acceptors (Lipinski definition) is 5. The molecule has 0 saturated heterocycles. The minimum absolute atomic E-state index is 0.738. The van der Waals surface area contributed by atoms with E-state index in [0.29, 0.717) is 0 Å². The summed E-state index contributed by atoms with van der Waals surface area (Å²) in [6, 6.07) is 0. The van der Waals surface area contributed by atoms with Crippen LogP contribution < -0.4 is 5.32 Å². The van der Waals surface area contributed by atoms with E-state index in [4.69, 9.17) is 0 Å². The number of rotatable bonds is 6. The maximum absolute atomic E-state index is 4.58. The molecule has 0 aliphatic carbocycles. The Kier molecular flexibility index (Phi) is 4.99. The van der Waals surface area contributed by atoms with Gasteiger partial charge in [-0.15, -0.1) is 11.3 Å². The highest BCUT2D eigenvalue weighted by atomic mass is 32.1. The van der Waals surface area contributed by atoms with Crippen molar-refractivity contribution in [2.45, 2.75) is 33.6 Å². The number of thiazole rings is 1. The van der Waals surface area contributed by atoms with Crippen molar-refractivity contribution >= 4 is 11.3 Å². The van der Waals surface area contributed by atoms with Crippen molar-refractivity contribution in [2.24, 2.45) is 0 Å². The number of aryl methyl sites for hydroxylation is 2. The monoisotopic (exact) mass is 276 g/mol. The van der Waals surface area contributed by atoms with Gasteiger partial charge < -0.3 is 5.32 Å². The van der Waals surface area contributed by atoms with E-state index in [1.54, 1.807) is 11.3 Å². The Balaban J connectivity index is 2.13. The number of aromatic nitrogens is 3. The van der Waals surface area contributed by atoms with Gasteiger partial charge in [0.1, 0.15) is 5.69 Å². The van der Waals surface area contributed by atoms with Gasteiger partial charge in [-0.05, 0) is 45.3 Å². The van der Waals surface area contributed by atoms with E-state index >= 15 is 0 Å². The fourth-order valence-corrected chi connectivity index (χ4v) is 2.58. The Labute approximate surface area is 118 Å². The van der Waals surface area contributed by atoms with Gasteiger partial charge in [-0.3, -0.25) is 0 Å². The lowest BCUT2D eigenvalue weighted by atomic mass is 10.1. The van der Waals surface area contributed by atoms with Crippen LogP contribution in [0, 0.1) is 13.8 Å². The molecule has 0 radical (unpaired) electrons. The molecular weight excluding hydrogens is 256 g/mol. The molecule has 0 bridgehead atoms. The van der Waals surface area contributed by atoms with Gasteiger partial charge in [0, 0.05) is 16.8 Å². The van der Waals surface area contributed by atoms with Crippen LogP contribution in [0.4, 0.5) is 0 Å². The Morgan fingerprint density at radius 1 is 1.16 bits per heavy atom. The maximum Gasteiger partial charge on any atom is 0.179 e. The SMILES string of the molecule is CCCNCCc1c(C)nc(-c2cscn2)nc1C. The van der Waals surface area contributed by atoms with E-state index in [1.807, 2.05) is 10.9 Å². The van der Waals surface area contributed by atoms with Crippen LogP contribution in [-0.2, 0) is 6.42 Å². The quantitative estimate of drug-likeness (QED) is 0.824. The van der Waals surface area contributed by atoms with Gasteiger partial charge in [0.15, 0.2) is 5.82 Å². The van der Waals surface area contributed by atoms with Gasteiger partial charge in [-0.1, -0.05) is 6.92 Å². The lowest BCUT2D eigenvalue weighted by Gasteiger charge is -2.10. The fraction of sp³-hybridized carbons (Fsp3) is 0.500. The zero-order chi connectivity index (χ0) is 13.7. The summed E-state index contributed by atoms with van der Waals surface area (Å²) >= 11 is 1.57. The molecule has 5 heteroatoms. The van der Waals surface area contributed by atoms with Crippen molar-refractivity contribution in [3.63, 3.8) is 0 Å². The minimum Gasteiger partial charge on any atom is -0.316 e. The molecular formula is C14H20N4S. The second-order valence-electron chi connectivity index (χ2n) is 4.57. The van der Waals surface area contributed by atoms with Crippen molar-refractivity contribution in [3.8, 4) is 11.5 Å². The first-order chi connectivity index (χ1) is 9.22. The molecule has 0 saturated carbocycles. The summed E-state index contributed by atoms with van der Waals surface area (Å²) < 4.78 is 0. The average Bonchev–Trinajstić information content (AvgIpc) is 2.90. The third-order valence-electron chi connectivity index (χ3n) is 3.06. The molecule has 0 fully saturated rings. The van der Waals surface area contributed by atoms with E-state index in [0.717, 1.165) is 48.8 Å². The van der Waals surface area contributed by atoms with Gasteiger partial charge in [0.05, 0.1) is 5.51 Å². The second kappa shape index (κ2) is 6.73. The van der Waals surface area contributed by atoms with Crippen molar-refractivity contribution in [1.29, 1.82) is 0 Å². The standard InChI is InChI=1S/C14H20N4S/c1-4-6-15-7-5-12-10(2)17-14(18-11(12)3)13-8-19-9-16-13/h8-9,15H,4-7H2,1-3H3. The molecule has 2 aromatic rings. The summed E-state index contributed by atoms with van der Waals surface area (Å²) in [6.45, 7) is 8.33. The van der Waals surface area contributed by atoms with Crippen LogP contribution in [0.1, 0.15) is 30.3 Å². The summed E-state index contributed by atoms with van der Waals surface area (Å²) in [5, 5.41) is 5.40. The van der Waals surface area contributed by atoms with Gasteiger partial charge in [0.2, 0.25) is 0 Å². The molecule has 19 heavy (non-hydrogen) atoms. The topological polar surface area (TPSA) is 50.7 Å². The highest BCUT2D eigenvalue weighted by molar-refractivity contribution is 7.07. The third kappa shape index (κ3) is 3.58. The Morgan fingerprint density at radius 2 is 1.89 bits per heavy atom. The predicted molar refractivity (Wildman–Crippen MR) is 79.5 cm³/mol. The van der Waals surface area contributed by atoms with Crippen molar-refractivity contribution in [1.82, 2.24) is 20.3 Å². The van der Waals surface area contributed by atoms with Crippen molar-refractivity contribution in [2.75, 3.05) is 13.1 Å². The lowest BCUT2D eigenvalue weighted by Crippen LogP contribution is -2.19. The molecule has 0 aromatic carbocycles. The maximum atomic E-state index is 4.58. The highest BCUT2D eigenvalue weighted by Crippen LogP contribution is 2.18. The van der Waals surface area contributed by atoms with Crippen molar-refractivity contribution < 1.29 is 0 Å². The average molecular weight is 276 g/mol. The number of hydrogen-bond donors (Lipinski definition) is 1. The molecule has 2 aromatic heterocycles. The summed E-state index contributed by atoms with van der Waals surface area (Å²) in [5.74, 6) is 0.738. The minimum atomic E-state index is 0.738. The first-order valence-electron chi connectivity index (χ1n) is 6.65. The van der Waals surface area contributed by atoms with Crippen molar-refractivity contribution in [3.05, 3.63) is 27.8 Å². The molecule has 0 unspecified atom stereocenters. The molecule has 2 rings (SSSR count). The Hall–Kier alpha value is -1.33. The Morgan fingerprint density at radius 3 is 2.47 bits per heavy atom. The van der Waals surface area contributed by atoms with E-state index < -0.39 is 0 Å². The fourth-order valence-electron chi connectivity index (χ4n) is 2.05. The van der Waals surface area contributed by atoms with Crippen LogP contribution in [0.15, 0.2) is 10.9 Å². The summed E-state index contributed by atoms with van der Waals surface area (Å²) in [7, 11) is 0. The van der Waals surface area contributed by atoms with Gasteiger partial charge >= 0.3 is 0 Å². The van der Waals surface area contributed by atoms with Gasteiger partial charge in [-0.25, -0.2) is 15.0 Å². The van der Waals surface area contributed by atoms with E-state index in [1.165, 1.54) is 5.56 Å². The molecule has 0 spiro atoms. The van der Waals surface area contributed by atoms with Crippen LogP contribution in [0.25, 0.3) is 11.5 Å². The summed E-state index contributed by atoms with van der Waals surface area (Å²) in [4.78, 5) is 13.4. The molecule has 102 valence electrons. The molecule has 0 aliphatic heterocycles. The summed E-state index contributed by atoms with van der Waals surface area (Å²) in [5.41, 5.74) is 6.06. The molecule has 0 amide bonds. The first-order valence-corrected chi connectivity index (χ1v) is 7.60. The van der Waals surface area contributed by atoms with Gasteiger partial charge in [-0.2, -0.15) is 0 Å². The van der Waals surface area contributed by atoms with Crippen LogP contribution in [-0.4, -0.2) is 28.0 Å².